The molecule has 0 unspecified atom stereocenters. The fraction of sp³-hybridized carbons (Fsp3) is 0.700. The van der Waals surface area contributed by atoms with Crippen molar-refractivity contribution in [1.82, 2.24) is 0 Å². The summed E-state index contributed by atoms with van der Waals surface area (Å²) in [4.78, 5) is 0. The van der Waals surface area contributed by atoms with E-state index >= 15 is 0 Å². The molecule has 0 aromatic heterocycles. The number of ketones is 1. The van der Waals surface area contributed by atoms with Crippen LogP contribution in [0.2, 0.25) is 0 Å². The van der Waals surface area contributed by atoms with Crippen molar-refractivity contribution < 1.29 is 26.4 Å². The van der Waals surface area contributed by atoms with E-state index in [9.17, 15) is 17.3 Å². The van der Waals surface area contributed by atoms with Gasteiger partial charge in [-0.25, -0.2) is 0 Å². The molecule has 4 bridgehead atoms. The van der Waals surface area contributed by atoms with Crippen molar-refractivity contribution in [3.63, 3.8) is 0 Å². The lowest BCUT2D eigenvalue weighted by Crippen LogP contribution is -2.44. The van der Waals surface area contributed by atoms with E-state index in [1.54, 1.807) is 22.3 Å². The van der Waals surface area contributed by atoms with Crippen LogP contribution < -0.4 is 0 Å². The molecule has 2 nitrogen and oxygen atoms in total. The van der Waals surface area contributed by atoms with Crippen LogP contribution in [0.3, 0.4) is 0 Å². The van der Waals surface area contributed by atoms with Crippen molar-refractivity contribution in [1.29, 1.82) is 0 Å². The normalized spacial score (nSPS) is 35.0. The second-order valence-corrected chi connectivity index (χ2v) is 8.31. The summed E-state index contributed by atoms with van der Waals surface area (Å²) in [6.45, 7) is 0. The Morgan fingerprint density at radius 3 is 1.26 bits per heavy atom. The third kappa shape index (κ3) is 3.30. The molecule has 0 aliphatic heterocycles. The van der Waals surface area contributed by atoms with Gasteiger partial charge in [0, 0.05) is 7.11 Å². The van der Waals surface area contributed by atoms with Gasteiger partial charge in [0.1, 0.15) is 6.10 Å². The van der Waals surface area contributed by atoms with E-state index in [2.05, 4.69) is 0 Å². The molecule has 1 radical (unpaired) electrons. The van der Waals surface area contributed by atoms with Crippen molar-refractivity contribution >= 4 is 13.0 Å². The Balaban J connectivity index is 0.000000323. The number of rotatable bonds is 1. The summed E-state index contributed by atoms with van der Waals surface area (Å²) in [5.41, 5.74) is 6.20. The molecule has 0 saturated heterocycles. The molecule has 27 heavy (non-hydrogen) atoms. The first kappa shape index (κ1) is 19.2. The van der Waals surface area contributed by atoms with Crippen molar-refractivity contribution in [3.8, 4) is 0 Å². The number of methoxy groups -OCH3 is 1. The summed E-state index contributed by atoms with van der Waals surface area (Å²) in [6.07, 6.45) is 12.1. The summed E-state index contributed by atoms with van der Waals surface area (Å²) >= 11 is 0. The molecular formula is C20H26BF4O2. The number of hydrogen-bond donors (Lipinski definition) is 0. The Hall–Kier alpha value is -1.11. The van der Waals surface area contributed by atoms with Gasteiger partial charge in [-0.15, -0.1) is 0 Å². The Bertz CT molecular complexity index is 639. The minimum absolute atomic E-state index is 0.717. The third-order valence-corrected chi connectivity index (χ3v) is 7.05. The zero-order valence-electron chi connectivity index (χ0n) is 15.9. The van der Waals surface area contributed by atoms with Crippen LogP contribution in [0.1, 0.15) is 51.4 Å². The van der Waals surface area contributed by atoms with Gasteiger partial charge in [0.2, 0.25) is 0 Å². The Labute approximate surface area is 157 Å². The van der Waals surface area contributed by atoms with Crippen LogP contribution in [-0.2, 0) is 9.16 Å². The number of halogens is 4. The minimum atomic E-state index is -6.00. The minimum Gasteiger partial charge on any atom is -0.418 e. The maximum Gasteiger partial charge on any atom is 0.673 e. The van der Waals surface area contributed by atoms with Crippen LogP contribution in [0.25, 0.3) is 0 Å². The van der Waals surface area contributed by atoms with Gasteiger partial charge in [0.05, 0.1) is 11.1 Å². The highest BCUT2D eigenvalue weighted by Crippen LogP contribution is 2.59. The standard InChI is InChI=1S/C20H26O2.BF4/c1-21-19-15-11-3-7-13(8-4-11)17(15)20(22-2)18-14-9-5-12(6-10-14)16(18)19;2-1(3,4)5/h11-14H,3-10H2,1-2H3;/q+1;-1. The summed E-state index contributed by atoms with van der Waals surface area (Å²) in [6, 6.07) is 0. The molecule has 2 fully saturated rings. The molecule has 2 saturated carbocycles. The number of allylic oxidation sites excluding steroid dienone is 2. The van der Waals surface area contributed by atoms with Gasteiger partial charge in [-0.1, -0.05) is 0 Å². The first-order valence-electron chi connectivity index (χ1n) is 10.0. The summed E-state index contributed by atoms with van der Waals surface area (Å²) in [5.74, 6) is 4.14. The molecule has 0 atom stereocenters. The van der Waals surface area contributed by atoms with E-state index in [1.165, 1.54) is 63.3 Å². The summed E-state index contributed by atoms with van der Waals surface area (Å²) in [7, 11) is -2.21. The molecular weight excluding hydrogens is 359 g/mol. The zero-order chi connectivity index (χ0) is 19.3. The lowest BCUT2D eigenvalue weighted by molar-refractivity contribution is -0.419. The Morgan fingerprint density at radius 2 is 1.00 bits per heavy atom. The predicted octanol–water partition coefficient (Wildman–Crippen LogP) is 5.45. The van der Waals surface area contributed by atoms with Gasteiger partial charge in [-0.05, 0) is 86.2 Å². The zero-order valence-corrected chi connectivity index (χ0v) is 15.9. The first-order chi connectivity index (χ1) is 12.8. The van der Waals surface area contributed by atoms with E-state index in [1.807, 2.05) is 14.2 Å². The van der Waals surface area contributed by atoms with Crippen LogP contribution in [0.4, 0.5) is 17.3 Å². The molecule has 149 valence electrons. The van der Waals surface area contributed by atoms with E-state index in [4.69, 9.17) is 9.16 Å². The van der Waals surface area contributed by atoms with E-state index < -0.39 is 7.25 Å². The van der Waals surface area contributed by atoms with E-state index in [0.29, 0.717) is 0 Å². The highest BCUT2D eigenvalue weighted by atomic mass is 19.5. The quantitative estimate of drug-likeness (QED) is 0.334. The molecule has 0 spiro atoms. The summed E-state index contributed by atoms with van der Waals surface area (Å²) < 4.78 is 51.1. The maximum atomic E-state index is 9.75. The lowest BCUT2D eigenvalue weighted by Gasteiger charge is -2.49. The predicted molar refractivity (Wildman–Crippen MR) is 96.3 cm³/mol. The largest absolute Gasteiger partial charge is 0.673 e. The number of carbonyl (C=O) groups excluding carboxylic acids is 1. The molecule has 7 aliphatic rings. The van der Waals surface area contributed by atoms with Gasteiger partial charge in [0.25, 0.3) is 7.11 Å². The molecule has 7 rings (SSSR count). The van der Waals surface area contributed by atoms with Crippen LogP contribution in [0, 0.1) is 29.8 Å². The molecule has 0 heterocycles. The topological polar surface area (TPSA) is 20.5 Å². The maximum absolute atomic E-state index is 9.75. The second kappa shape index (κ2) is 7.05. The van der Waals surface area contributed by atoms with Crippen molar-refractivity contribution in [2.24, 2.45) is 23.7 Å². The highest BCUT2D eigenvalue weighted by Gasteiger charge is 2.55. The van der Waals surface area contributed by atoms with Gasteiger partial charge < -0.3 is 22.0 Å². The number of hydrogen-bond acceptors (Lipinski definition) is 1. The van der Waals surface area contributed by atoms with Crippen molar-refractivity contribution in [3.05, 3.63) is 28.4 Å². The molecule has 0 aromatic rings. The van der Waals surface area contributed by atoms with Crippen molar-refractivity contribution in [2.45, 2.75) is 51.4 Å². The van der Waals surface area contributed by atoms with Gasteiger partial charge >= 0.3 is 13.0 Å². The van der Waals surface area contributed by atoms with Crippen molar-refractivity contribution in [2.75, 3.05) is 14.2 Å². The van der Waals surface area contributed by atoms with E-state index in [0.717, 1.165) is 23.7 Å². The second-order valence-electron chi connectivity index (χ2n) is 8.31. The van der Waals surface area contributed by atoms with Crippen LogP contribution >= 0.6 is 0 Å². The monoisotopic (exact) mass is 385 g/mol. The summed E-state index contributed by atoms with van der Waals surface area (Å²) in [5, 5.41) is 0. The van der Waals surface area contributed by atoms with Gasteiger partial charge in [-0.3, -0.25) is 4.42 Å². The van der Waals surface area contributed by atoms with Crippen LogP contribution in [-0.4, -0.2) is 27.3 Å². The molecule has 0 amide bonds. The van der Waals surface area contributed by atoms with Crippen LogP contribution in [0.15, 0.2) is 22.3 Å². The molecule has 7 aliphatic carbocycles. The number of fused-ring (bicyclic) bond motifs is 4. The number of ether oxygens (including phenoxy) is 1. The lowest BCUT2D eigenvalue weighted by atomic mass is 9.55. The fourth-order valence-electron chi connectivity index (χ4n) is 6.18. The average Bonchev–Trinajstić information content (AvgIpc) is 2.66. The van der Waals surface area contributed by atoms with Gasteiger partial charge in [-0.2, -0.15) is 0 Å². The Kier molecular flexibility index (Phi) is 5.02. The van der Waals surface area contributed by atoms with Gasteiger partial charge in [0.15, 0.2) is 0 Å². The SMILES string of the molecule is CO[C]1C2=C(C(=[O+]C)C3=C1C1CCC3CC1)C1CCC2CC1.F[B-](F)(F)F. The smallest absolute Gasteiger partial charge is 0.418 e. The third-order valence-electron chi connectivity index (χ3n) is 7.05. The average molecular weight is 385 g/mol. The first-order valence-corrected chi connectivity index (χ1v) is 10.0. The molecule has 7 heteroatoms. The fourth-order valence-corrected chi connectivity index (χ4v) is 6.18. The van der Waals surface area contributed by atoms with E-state index in [-0.39, 0.29) is 0 Å². The van der Waals surface area contributed by atoms with Crippen LogP contribution in [0.5, 0.6) is 0 Å². The Morgan fingerprint density at radius 1 is 0.704 bits per heavy atom. The molecule has 0 aromatic carbocycles. The molecule has 0 N–H and O–H groups in total. The highest BCUT2D eigenvalue weighted by molar-refractivity contribution is 6.50.